The molecule has 0 atom stereocenters. The number of aromatic nitrogens is 1. The first-order chi connectivity index (χ1) is 11.8. The number of anilines is 1. The summed E-state index contributed by atoms with van der Waals surface area (Å²) in [5.41, 5.74) is 3.79. The lowest BCUT2D eigenvalue weighted by Gasteiger charge is -2.34. The van der Waals surface area contributed by atoms with Crippen molar-refractivity contribution in [1.82, 2.24) is 5.16 Å². The molecule has 0 amide bonds. The summed E-state index contributed by atoms with van der Waals surface area (Å²) in [4.78, 5) is 5.22. The third-order valence-corrected chi connectivity index (χ3v) is 5.57. The Hall–Kier alpha value is -2.11. The highest BCUT2D eigenvalue weighted by atomic mass is 32.1. The van der Waals surface area contributed by atoms with E-state index in [4.69, 9.17) is 4.52 Å². The van der Waals surface area contributed by atoms with Crippen molar-refractivity contribution in [3.63, 3.8) is 0 Å². The number of nitrogens with zero attached hydrogens (tertiary/aromatic N) is 2. The Labute approximate surface area is 146 Å². The smallest absolute Gasteiger partial charge is 0.177 e. The lowest BCUT2D eigenvalue weighted by Crippen LogP contribution is -3.13. The first-order valence-corrected chi connectivity index (χ1v) is 9.31. The second kappa shape index (κ2) is 6.79. The molecule has 3 aromatic rings. The van der Waals surface area contributed by atoms with E-state index in [1.54, 1.807) is 16.2 Å². The van der Waals surface area contributed by atoms with Crippen LogP contribution in [0.3, 0.4) is 0 Å². The van der Waals surface area contributed by atoms with Crippen LogP contribution in [0, 0.1) is 6.92 Å². The van der Waals surface area contributed by atoms with Crippen LogP contribution >= 0.6 is 11.3 Å². The molecule has 0 radical (unpaired) electrons. The highest BCUT2D eigenvalue weighted by Gasteiger charge is 2.22. The molecule has 0 spiro atoms. The molecule has 1 N–H and O–H groups in total. The molecule has 4 rings (SSSR count). The van der Waals surface area contributed by atoms with Gasteiger partial charge < -0.3 is 14.3 Å². The Morgan fingerprint density at radius 1 is 1.17 bits per heavy atom. The number of hydrogen-bond donors (Lipinski definition) is 1. The van der Waals surface area contributed by atoms with E-state index >= 15 is 0 Å². The number of rotatable bonds is 4. The van der Waals surface area contributed by atoms with Gasteiger partial charge >= 0.3 is 0 Å². The van der Waals surface area contributed by atoms with Crippen LogP contribution in [0.5, 0.6) is 0 Å². The summed E-state index contributed by atoms with van der Waals surface area (Å²) >= 11 is 1.69. The maximum atomic E-state index is 5.49. The number of aryl methyl sites for hydroxylation is 1. The van der Waals surface area contributed by atoms with Gasteiger partial charge in [-0.3, -0.25) is 0 Å². The van der Waals surface area contributed by atoms with Gasteiger partial charge in [0, 0.05) is 11.8 Å². The predicted molar refractivity (Wildman–Crippen MR) is 97.6 cm³/mol. The number of benzene rings is 1. The molecule has 0 unspecified atom stereocenters. The highest BCUT2D eigenvalue weighted by molar-refractivity contribution is 7.13. The SMILES string of the molecule is Cc1ccccc1N1CC[NH+](Cc2cc(-c3cccs3)on2)CC1. The van der Waals surface area contributed by atoms with Crippen LogP contribution in [0.1, 0.15) is 11.3 Å². The third-order valence-electron chi connectivity index (χ3n) is 4.68. The van der Waals surface area contributed by atoms with Gasteiger partial charge in [-0.15, -0.1) is 11.3 Å². The molecule has 0 bridgehead atoms. The van der Waals surface area contributed by atoms with Gasteiger partial charge in [-0.2, -0.15) is 0 Å². The maximum Gasteiger partial charge on any atom is 0.177 e. The fourth-order valence-electron chi connectivity index (χ4n) is 3.35. The highest BCUT2D eigenvalue weighted by Crippen LogP contribution is 2.25. The monoisotopic (exact) mass is 340 g/mol. The van der Waals surface area contributed by atoms with E-state index in [1.165, 1.54) is 11.3 Å². The Morgan fingerprint density at radius 2 is 2.00 bits per heavy atom. The summed E-state index contributed by atoms with van der Waals surface area (Å²) in [6, 6.07) is 14.9. The van der Waals surface area contributed by atoms with Gasteiger partial charge in [0.15, 0.2) is 5.76 Å². The van der Waals surface area contributed by atoms with E-state index in [9.17, 15) is 0 Å². The molecule has 1 saturated heterocycles. The molecule has 2 aromatic heterocycles. The van der Waals surface area contributed by atoms with Gasteiger partial charge in [0.25, 0.3) is 0 Å². The average Bonchev–Trinajstić information content (AvgIpc) is 3.27. The fourth-order valence-corrected chi connectivity index (χ4v) is 4.02. The molecule has 24 heavy (non-hydrogen) atoms. The molecular formula is C19H22N3OS+. The van der Waals surface area contributed by atoms with Crippen LogP contribution in [-0.2, 0) is 6.54 Å². The quantitative estimate of drug-likeness (QED) is 0.793. The lowest BCUT2D eigenvalue weighted by molar-refractivity contribution is -0.914. The second-order valence-corrected chi connectivity index (χ2v) is 7.31. The Kier molecular flexibility index (Phi) is 4.36. The van der Waals surface area contributed by atoms with Gasteiger partial charge in [-0.25, -0.2) is 0 Å². The normalized spacial score (nSPS) is 15.8. The summed E-state index contributed by atoms with van der Waals surface area (Å²) in [5, 5.41) is 6.32. The molecular weight excluding hydrogens is 318 g/mol. The van der Waals surface area contributed by atoms with Crippen molar-refractivity contribution >= 4 is 17.0 Å². The topological polar surface area (TPSA) is 33.7 Å². The van der Waals surface area contributed by atoms with Crippen molar-refractivity contribution in [2.75, 3.05) is 31.1 Å². The number of nitrogens with one attached hydrogen (secondary N) is 1. The number of quaternary nitrogens is 1. The minimum absolute atomic E-state index is 0.887. The summed E-state index contributed by atoms with van der Waals surface area (Å²) < 4.78 is 5.49. The summed E-state index contributed by atoms with van der Waals surface area (Å²) in [7, 11) is 0. The zero-order chi connectivity index (χ0) is 16.4. The van der Waals surface area contributed by atoms with Crippen molar-refractivity contribution in [2.45, 2.75) is 13.5 Å². The van der Waals surface area contributed by atoms with Gasteiger partial charge in [-0.05, 0) is 30.0 Å². The number of para-hydroxylation sites is 1. The largest absolute Gasteiger partial charge is 0.360 e. The molecule has 4 nitrogen and oxygen atoms in total. The van der Waals surface area contributed by atoms with Crippen LogP contribution in [0.15, 0.2) is 52.4 Å². The fraction of sp³-hybridized carbons (Fsp3) is 0.316. The first kappa shape index (κ1) is 15.4. The zero-order valence-electron chi connectivity index (χ0n) is 13.9. The minimum Gasteiger partial charge on any atom is -0.360 e. The Bertz CT molecular complexity index is 789. The van der Waals surface area contributed by atoms with Crippen molar-refractivity contribution in [3.8, 4) is 10.6 Å². The second-order valence-electron chi connectivity index (χ2n) is 6.36. The summed E-state index contributed by atoms with van der Waals surface area (Å²) in [6.45, 7) is 7.59. The molecule has 124 valence electrons. The van der Waals surface area contributed by atoms with Crippen molar-refractivity contribution in [3.05, 3.63) is 59.1 Å². The zero-order valence-corrected chi connectivity index (χ0v) is 14.7. The number of hydrogen-bond acceptors (Lipinski definition) is 4. The van der Waals surface area contributed by atoms with Gasteiger partial charge in [0.2, 0.25) is 0 Å². The van der Waals surface area contributed by atoms with E-state index in [2.05, 4.69) is 58.8 Å². The van der Waals surface area contributed by atoms with Crippen LogP contribution in [0.4, 0.5) is 5.69 Å². The Balaban J connectivity index is 1.36. The standard InChI is InChI=1S/C19H21N3OS/c1-15-5-2-3-6-17(15)22-10-8-21(9-11-22)14-16-13-18(23-20-16)19-7-4-12-24-19/h2-7,12-13H,8-11,14H2,1H3/p+1. The van der Waals surface area contributed by atoms with Crippen molar-refractivity contribution in [1.29, 1.82) is 0 Å². The average molecular weight is 340 g/mol. The van der Waals surface area contributed by atoms with Crippen LogP contribution in [-0.4, -0.2) is 31.3 Å². The van der Waals surface area contributed by atoms with Crippen LogP contribution < -0.4 is 9.80 Å². The molecule has 3 heterocycles. The van der Waals surface area contributed by atoms with Gasteiger partial charge in [0.1, 0.15) is 12.2 Å². The van der Waals surface area contributed by atoms with Crippen LogP contribution in [0.25, 0.3) is 10.6 Å². The van der Waals surface area contributed by atoms with E-state index in [-0.39, 0.29) is 0 Å². The lowest BCUT2D eigenvalue weighted by atomic mass is 10.1. The van der Waals surface area contributed by atoms with E-state index in [0.29, 0.717) is 0 Å². The molecule has 1 aromatic carbocycles. The molecule has 0 saturated carbocycles. The summed E-state index contributed by atoms with van der Waals surface area (Å²) in [5.74, 6) is 0.887. The number of thiophene rings is 1. The Morgan fingerprint density at radius 3 is 2.75 bits per heavy atom. The minimum atomic E-state index is 0.887. The van der Waals surface area contributed by atoms with E-state index in [0.717, 1.165) is 49.1 Å². The van der Waals surface area contributed by atoms with Gasteiger partial charge in [0.05, 0.1) is 31.1 Å². The van der Waals surface area contributed by atoms with Crippen molar-refractivity contribution < 1.29 is 9.42 Å². The molecule has 0 aliphatic carbocycles. The van der Waals surface area contributed by atoms with E-state index < -0.39 is 0 Å². The molecule has 1 fully saturated rings. The van der Waals surface area contributed by atoms with E-state index in [1.807, 2.05) is 6.07 Å². The first-order valence-electron chi connectivity index (χ1n) is 8.43. The molecule has 1 aliphatic rings. The number of piperazine rings is 1. The van der Waals surface area contributed by atoms with Crippen molar-refractivity contribution in [2.24, 2.45) is 0 Å². The third kappa shape index (κ3) is 3.23. The predicted octanol–water partition coefficient (Wildman–Crippen LogP) is 2.62. The molecule has 1 aliphatic heterocycles. The van der Waals surface area contributed by atoms with Gasteiger partial charge in [-0.1, -0.05) is 29.4 Å². The van der Waals surface area contributed by atoms with Crippen LogP contribution in [0.2, 0.25) is 0 Å². The molecule has 5 heteroatoms. The maximum absolute atomic E-state index is 5.49. The summed E-state index contributed by atoms with van der Waals surface area (Å²) in [6.07, 6.45) is 0.